The van der Waals surface area contributed by atoms with Gasteiger partial charge in [-0.2, -0.15) is 0 Å². The van der Waals surface area contributed by atoms with Gasteiger partial charge >= 0.3 is 0 Å². The number of anilines is 2. The van der Waals surface area contributed by atoms with Crippen molar-refractivity contribution in [1.82, 2.24) is 9.36 Å². The van der Waals surface area contributed by atoms with Gasteiger partial charge in [-0.25, -0.2) is 4.68 Å². The molecule has 174 valence electrons. The zero-order valence-corrected chi connectivity index (χ0v) is 19.4. The molecule has 8 heteroatoms. The Kier molecular flexibility index (Phi) is 7.84. The zero-order chi connectivity index (χ0) is 24.0. The number of hydrogen-bond donors (Lipinski definition) is 2. The Labute approximate surface area is 193 Å². The third kappa shape index (κ3) is 5.98. The summed E-state index contributed by atoms with van der Waals surface area (Å²) in [6, 6.07) is 15.8. The van der Waals surface area contributed by atoms with Gasteiger partial charge in [-0.1, -0.05) is 38.1 Å². The van der Waals surface area contributed by atoms with Crippen LogP contribution in [0.25, 0.3) is 5.69 Å². The number of benzene rings is 2. The minimum Gasteiger partial charge on any atom is -0.381 e. The standard InChI is InChI=1S/C25H30N4O4/c1-17(2)16-33-14-13-22(30)26-20-10-8-9-19(15-20)24(31)27-23-18(3)28(4)29(25(23)32)21-11-6-5-7-12-21/h5-12,15,17H,13-14,16H2,1-4H3,(H,26,30)(H,27,31). The summed E-state index contributed by atoms with van der Waals surface area (Å²) < 4.78 is 8.64. The Bertz CT molecular complexity index is 1180. The molecule has 2 N–H and O–H groups in total. The molecule has 0 unspecified atom stereocenters. The fourth-order valence-corrected chi connectivity index (χ4v) is 3.34. The average molecular weight is 451 g/mol. The highest BCUT2D eigenvalue weighted by molar-refractivity contribution is 6.05. The van der Waals surface area contributed by atoms with Crippen molar-refractivity contribution in [3.63, 3.8) is 0 Å². The third-order valence-electron chi connectivity index (χ3n) is 5.13. The quantitative estimate of drug-likeness (QED) is 0.486. The van der Waals surface area contributed by atoms with Crippen molar-refractivity contribution in [2.24, 2.45) is 13.0 Å². The van der Waals surface area contributed by atoms with E-state index in [4.69, 9.17) is 4.74 Å². The van der Waals surface area contributed by atoms with Gasteiger partial charge in [0.1, 0.15) is 5.69 Å². The number of rotatable bonds is 9. The average Bonchev–Trinajstić information content (AvgIpc) is 3.00. The first-order valence-corrected chi connectivity index (χ1v) is 10.9. The number of hydrogen-bond acceptors (Lipinski definition) is 4. The fourth-order valence-electron chi connectivity index (χ4n) is 3.34. The van der Waals surface area contributed by atoms with Crippen molar-refractivity contribution < 1.29 is 14.3 Å². The van der Waals surface area contributed by atoms with Crippen LogP contribution in [0.15, 0.2) is 59.4 Å². The number of carbonyl (C=O) groups is 2. The second-order valence-electron chi connectivity index (χ2n) is 8.24. The van der Waals surface area contributed by atoms with Gasteiger partial charge in [0.2, 0.25) is 5.91 Å². The minimum absolute atomic E-state index is 0.194. The van der Waals surface area contributed by atoms with Crippen LogP contribution in [0, 0.1) is 12.8 Å². The molecule has 0 saturated carbocycles. The van der Waals surface area contributed by atoms with Gasteiger partial charge in [0.05, 0.1) is 24.4 Å². The predicted molar refractivity (Wildman–Crippen MR) is 129 cm³/mol. The van der Waals surface area contributed by atoms with E-state index in [9.17, 15) is 14.4 Å². The van der Waals surface area contributed by atoms with Gasteiger partial charge in [-0.15, -0.1) is 0 Å². The van der Waals surface area contributed by atoms with Crippen molar-refractivity contribution in [1.29, 1.82) is 0 Å². The highest BCUT2D eigenvalue weighted by Gasteiger charge is 2.19. The van der Waals surface area contributed by atoms with Gasteiger partial charge < -0.3 is 15.4 Å². The van der Waals surface area contributed by atoms with Crippen LogP contribution in [-0.4, -0.2) is 34.4 Å². The molecule has 0 fully saturated rings. The number of para-hydroxylation sites is 1. The lowest BCUT2D eigenvalue weighted by atomic mass is 10.1. The second-order valence-corrected chi connectivity index (χ2v) is 8.24. The van der Waals surface area contributed by atoms with E-state index in [2.05, 4.69) is 10.6 Å². The van der Waals surface area contributed by atoms with Crippen molar-refractivity contribution in [3.05, 3.63) is 76.2 Å². The topological polar surface area (TPSA) is 94.4 Å². The summed E-state index contributed by atoms with van der Waals surface area (Å²) in [4.78, 5) is 38.1. The lowest BCUT2D eigenvalue weighted by Gasteiger charge is -2.09. The summed E-state index contributed by atoms with van der Waals surface area (Å²) in [5.41, 5.74) is 2.06. The molecule has 0 spiro atoms. The van der Waals surface area contributed by atoms with E-state index in [1.165, 1.54) is 4.68 Å². The van der Waals surface area contributed by atoms with Crippen molar-refractivity contribution >= 4 is 23.2 Å². The van der Waals surface area contributed by atoms with E-state index in [0.29, 0.717) is 41.8 Å². The Morgan fingerprint density at radius 1 is 1.03 bits per heavy atom. The van der Waals surface area contributed by atoms with Gasteiger partial charge in [-0.3, -0.25) is 19.1 Å². The van der Waals surface area contributed by atoms with E-state index >= 15 is 0 Å². The van der Waals surface area contributed by atoms with Gasteiger partial charge in [0, 0.05) is 24.9 Å². The van der Waals surface area contributed by atoms with Crippen LogP contribution in [0.3, 0.4) is 0 Å². The maximum absolute atomic E-state index is 13.0. The van der Waals surface area contributed by atoms with Crippen molar-refractivity contribution in [2.75, 3.05) is 23.8 Å². The third-order valence-corrected chi connectivity index (χ3v) is 5.13. The number of nitrogens with one attached hydrogen (secondary N) is 2. The van der Waals surface area contributed by atoms with Crippen LogP contribution in [0.5, 0.6) is 0 Å². The Morgan fingerprint density at radius 3 is 2.45 bits per heavy atom. The van der Waals surface area contributed by atoms with E-state index < -0.39 is 5.91 Å². The van der Waals surface area contributed by atoms with Gasteiger partial charge in [0.15, 0.2) is 0 Å². The molecular formula is C25H30N4O4. The van der Waals surface area contributed by atoms with Gasteiger partial charge in [0.25, 0.3) is 11.5 Å². The molecule has 0 aliphatic heterocycles. The van der Waals surface area contributed by atoms with E-state index in [0.717, 1.165) is 0 Å². The molecule has 0 atom stereocenters. The molecule has 0 aliphatic rings. The molecular weight excluding hydrogens is 420 g/mol. The highest BCUT2D eigenvalue weighted by atomic mass is 16.5. The van der Waals surface area contributed by atoms with Crippen molar-refractivity contribution in [3.8, 4) is 5.69 Å². The molecule has 8 nitrogen and oxygen atoms in total. The van der Waals surface area contributed by atoms with E-state index in [1.54, 1.807) is 42.9 Å². The summed E-state index contributed by atoms with van der Waals surface area (Å²) in [5.74, 6) is -0.216. The van der Waals surface area contributed by atoms with E-state index in [-0.39, 0.29) is 23.6 Å². The maximum atomic E-state index is 13.0. The lowest BCUT2D eigenvalue weighted by molar-refractivity contribution is -0.117. The Hall–Kier alpha value is -3.65. The number of ether oxygens (including phenoxy) is 1. The molecule has 0 radical (unpaired) electrons. The molecule has 2 amide bonds. The number of carbonyl (C=O) groups excluding carboxylic acids is 2. The van der Waals surface area contributed by atoms with Crippen LogP contribution in [0.2, 0.25) is 0 Å². The van der Waals surface area contributed by atoms with Crippen LogP contribution in [-0.2, 0) is 16.6 Å². The number of nitrogens with zero attached hydrogens (tertiary/aromatic N) is 2. The first-order chi connectivity index (χ1) is 15.8. The molecule has 0 bridgehead atoms. The molecule has 0 saturated heterocycles. The van der Waals surface area contributed by atoms with E-state index in [1.807, 2.05) is 44.2 Å². The smallest absolute Gasteiger partial charge is 0.295 e. The normalized spacial score (nSPS) is 10.9. The SMILES string of the molecule is Cc1c(NC(=O)c2cccc(NC(=O)CCOCC(C)C)c2)c(=O)n(-c2ccccc2)n1C. The molecule has 1 aromatic heterocycles. The molecule has 2 aromatic carbocycles. The largest absolute Gasteiger partial charge is 0.381 e. The Morgan fingerprint density at radius 2 is 1.76 bits per heavy atom. The molecule has 3 rings (SSSR count). The predicted octanol–water partition coefficient (Wildman–Crippen LogP) is 3.74. The van der Waals surface area contributed by atoms with Crippen LogP contribution >= 0.6 is 0 Å². The first kappa shape index (κ1) is 24.0. The first-order valence-electron chi connectivity index (χ1n) is 10.9. The summed E-state index contributed by atoms with van der Waals surface area (Å²) in [6.45, 7) is 6.81. The summed E-state index contributed by atoms with van der Waals surface area (Å²) in [6.07, 6.45) is 0.228. The molecule has 1 heterocycles. The summed E-state index contributed by atoms with van der Waals surface area (Å²) in [7, 11) is 1.76. The van der Waals surface area contributed by atoms with Crippen LogP contribution < -0.4 is 16.2 Å². The van der Waals surface area contributed by atoms with Crippen molar-refractivity contribution in [2.45, 2.75) is 27.2 Å². The lowest BCUT2D eigenvalue weighted by Crippen LogP contribution is -2.23. The Balaban J connectivity index is 1.71. The number of aromatic nitrogens is 2. The zero-order valence-electron chi connectivity index (χ0n) is 19.4. The number of amides is 2. The van der Waals surface area contributed by atoms with Crippen LogP contribution in [0.4, 0.5) is 11.4 Å². The second kappa shape index (κ2) is 10.8. The summed E-state index contributed by atoms with van der Waals surface area (Å²) in [5, 5.41) is 5.51. The minimum atomic E-state index is -0.433. The summed E-state index contributed by atoms with van der Waals surface area (Å²) >= 11 is 0. The molecule has 33 heavy (non-hydrogen) atoms. The maximum Gasteiger partial charge on any atom is 0.295 e. The molecule has 0 aliphatic carbocycles. The van der Waals surface area contributed by atoms with Gasteiger partial charge in [-0.05, 0) is 43.2 Å². The van der Waals surface area contributed by atoms with Crippen LogP contribution in [0.1, 0.15) is 36.3 Å². The monoisotopic (exact) mass is 450 g/mol. The highest BCUT2D eigenvalue weighted by Crippen LogP contribution is 2.17. The fraction of sp³-hybridized carbons (Fsp3) is 0.320. The molecule has 3 aromatic rings.